The third kappa shape index (κ3) is 7.94. The Balaban J connectivity index is 2.36. The van der Waals surface area contributed by atoms with Gasteiger partial charge in [-0.05, 0) is 24.9 Å². The summed E-state index contributed by atoms with van der Waals surface area (Å²) in [6.07, 6.45) is 1.20. The van der Waals surface area contributed by atoms with Crippen molar-refractivity contribution in [2.75, 3.05) is 26.0 Å². The van der Waals surface area contributed by atoms with Crippen LogP contribution in [0.3, 0.4) is 0 Å². The van der Waals surface area contributed by atoms with Gasteiger partial charge in [-0.15, -0.1) is 0 Å². The van der Waals surface area contributed by atoms with Gasteiger partial charge in [0.2, 0.25) is 0 Å². The summed E-state index contributed by atoms with van der Waals surface area (Å²) in [5, 5.41) is 3.24. The second-order valence-corrected chi connectivity index (χ2v) is 6.01. The van der Waals surface area contributed by atoms with Gasteiger partial charge < -0.3 is 10.1 Å². The standard InChI is InChI=1S/C13H21NO4S/c1-18-11-13(10-12-6-3-2-4-7-12)14-8-5-9-19(15,16)17/h2-4,6-7,13-14H,5,8-11H2,1H3,(H,15,16,17)/t13-/m0/s1. The number of hydrogen-bond acceptors (Lipinski definition) is 4. The molecule has 1 aromatic carbocycles. The van der Waals surface area contributed by atoms with Gasteiger partial charge in [-0.2, -0.15) is 8.42 Å². The van der Waals surface area contributed by atoms with Crippen molar-refractivity contribution in [1.82, 2.24) is 5.32 Å². The highest BCUT2D eigenvalue weighted by atomic mass is 32.2. The van der Waals surface area contributed by atoms with Crippen molar-refractivity contribution in [2.45, 2.75) is 18.9 Å². The minimum absolute atomic E-state index is 0.133. The minimum atomic E-state index is -3.86. The first kappa shape index (κ1) is 16.1. The molecule has 0 spiro atoms. The van der Waals surface area contributed by atoms with E-state index in [0.717, 1.165) is 6.42 Å². The van der Waals surface area contributed by atoms with Gasteiger partial charge in [0.15, 0.2) is 0 Å². The van der Waals surface area contributed by atoms with E-state index in [2.05, 4.69) is 5.32 Å². The van der Waals surface area contributed by atoms with Crippen molar-refractivity contribution in [1.29, 1.82) is 0 Å². The van der Waals surface area contributed by atoms with E-state index in [0.29, 0.717) is 19.6 Å². The molecular weight excluding hydrogens is 266 g/mol. The van der Waals surface area contributed by atoms with Crippen molar-refractivity contribution in [3.8, 4) is 0 Å². The van der Waals surface area contributed by atoms with E-state index in [-0.39, 0.29) is 11.8 Å². The van der Waals surface area contributed by atoms with Crippen LogP contribution in [0.25, 0.3) is 0 Å². The molecule has 0 bridgehead atoms. The average molecular weight is 287 g/mol. The highest BCUT2D eigenvalue weighted by Crippen LogP contribution is 2.03. The summed E-state index contributed by atoms with van der Waals surface area (Å²) in [7, 11) is -2.23. The zero-order valence-electron chi connectivity index (χ0n) is 11.1. The van der Waals surface area contributed by atoms with Crippen LogP contribution in [0.2, 0.25) is 0 Å². The largest absolute Gasteiger partial charge is 0.383 e. The molecule has 2 N–H and O–H groups in total. The van der Waals surface area contributed by atoms with Crippen LogP contribution in [0, 0.1) is 0 Å². The van der Waals surface area contributed by atoms with Crippen molar-refractivity contribution in [3.05, 3.63) is 35.9 Å². The van der Waals surface area contributed by atoms with Crippen molar-refractivity contribution in [2.24, 2.45) is 0 Å². The average Bonchev–Trinajstić information content (AvgIpc) is 2.35. The molecule has 1 atom stereocenters. The van der Waals surface area contributed by atoms with Gasteiger partial charge in [-0.1, -0.05) is 30.3 Å². The maximum Gasteiger partial charge on any atom is 0.264 e. The molecule has 0 unspecified atom stereocenters. The highest BCUT2D eigenvalue weighted by Gasteiger charge is 2.10. The Morgan fingerprint density at radius 2 is 2.00 bits per heavy atom. The van der Waals surface area contributed by atoms with Crippen LogP contribution in [-0.4, -0.2) is 45.0 Å². The molecule has 0 saturated heterocycles. The van der Waals surface area contributed by atoms with Crippen molar-refractivity contribution >= 4 is 10.1 Å². The SMILES string of the molecule is COC[C@H](Cc1ccccc1)NCCCS(=O)(=O)O. The Bertz CT molecular complexity index is 447. The summed E-state index contributed by atoms with van der Waals surface area (Å²) in [6, 6.07) is 10.2. The third-order valence-corrected chi connectivity index (χ3v) is 3.51. The van der Waals surface area contributed by atoms with Gasteiger partial charge in [0.25, 0.3) is 10.1 Å². The normalized spacial score (nSPS) is 13.4. The van der Waals surface area contributed by atoms with Gasteiger partial charge in [-0.25, -0.2) is 0 Å². The number of hydrogen-bond donors (Lipinski definition) is 2. The van der Waals surface area contributed by atoms with Crippen LogP contribution in [0.1, 0.15) is 12.0 Å². The van der Waals surface area contributed by atoms with E-state index in [4.69, 9.17) is 9.29 Å². The number of rotatable bonds is 9. The van der Waals surface area contributed by atoms with E-state index in [1.807, 2.05) is 30.3 Å². The zero-order valence-corrected chi connectivity index (χ0v) is 11.9. The van der Waals surface area contributed by atoms with Gasteiger partial charge in [0.1, 0.15) is 0 Å². The fraction of sp³-hybridized carbons (Fsp3) is 0.538. The van der Waals surface area contributed by atoms with E-state index in [1.54, 1.807) is 7.11 Å². The summed E-state index contributed by atoms with van der Waals surface area (Å²) < 4.78 is 35.0. The molecule has 5 nitrogen and oxygen atoms in total. The van der Waals surface area contributed by atoms with Crippen LogP contribution in [-0.2, 0) is 21.3 Å². The molecule has 0 radical (unpaired) electrons. The third-order valence-electron chi connectivity index (χ3n) is 2.70. The second-order valence-electron chi connectivity index (χ2n) is 4.44. The Hall–Kier alpha value is -0.950. The molecule has 0 aliphatic heterocycles. The smallest absolute Gasteiger partial charge is 0.264 e. The molecule has 0 amide bonds. The van der Waals surface area contributed by atoms with Crippen LogP contribution < -0.4 is 5.32 Å². The van der Waals surface area contributed by atoms with Crippen LogP contribution in [0.4, 0.5) is 0 Å². The number of nitrogens with one attached hydrogen (secondary N) is 1. The maximum atomic E-state index is 10.6. The summed E-state index contributed by atoms with van der Waals surface area (Å²) in [5.74, 6) is -0.217. The molecule has 1 aromatic rings. The van der Waals surface area contributed by atoms with Crippen molar-refractivity contribution in [3.63, 3.8) is 0 Å². The van der Waals surface area contributed by atoms with E-state index in [1.165, 1.54) is 5.56 Å². The predicted molar refractivity (Wildman–Crippen MR) is 74.8 cm³/mol. The van der Waals surface area contributed by atoms with Gasteiger partial charge >= 0.3 is 0 Å². The molecule has 0 aliphatic carbocycles. The van der Waals surface area contributed by atoms with E-state index >= 15 is 0 Å². The Labute approximate surface area is 114 Å². The highest BCUT2D eigenvalue weighted by molar-refractivity contribution is 7.85. The lowest BCUT2D eigenvalue weighted by Gasteiger charge is -2.17. The van der Waals surface area contributed by atoms with Gasteiger partial charge in [0, 0.05) is 13.2 Å². The fourth-order valence-electron chi connectivity index (χ4n) is 1.85. The van der Waals surface area contributed by atoms with Crippen LogP contribution in [0.5, 0.6) is 0 Å². The fourth-order valence-corrected chi connectivity index (χ4v) is 2.36. The first-order chi connectivity index (χ1) is 9.01. The predicted octanol–water partition coefficient (Wildman–Crippen LogP) is 1.11. The quantitative estimate of drug-likeness (QED) is 0.526. The summed E-state index contributed by atoms with van der Waals surface area (Å²) in [6.45, 7) is 1.08. The van der Waals surface area contributed by atoms with E-state index in [9.17, 15) is 8.42 Å². The summed E-state index contributed by atoms with van der Waals surface area (Å²) >= 11 is 0. The lowest BCUT2D eigenvalue weighted by molar-refractivity contribution is 0.166. The lowest BCUT2D eigenvalue weighted by Crippen LogP contribution is -2.36. The van der Waals surface area contributed by atoms with Crippen LogP contribution >= 0.6 is 0 Å². The number of ether oxygens (including phenoxy) is 1. The van der Waals surface area contributed by atoms with E-state index < -0.39 is 10.1 Å². The first-order valence-electron chi connectivity index (χ1n) is 6.22. The van der Waals surface area contributed by atoms with Crippen LogP contribution in [0.15, 0.2) is 30.3 Å². The molecule has 108 valence electrons. The summed E-state index contributed by atoms with van der Waals surface area (Å²) in [4.78, 5) is 0. The molecule has 19 heavy (non-hydrogen) atoms. The number of methoxy groups -OCH3 is 1. The van der Waals surface area contributed by atoms with Gasteiger partial charge in [-0.3, -0.25) is 4.55 Å². The molecule has 0 fully saturated rings. The summed E-state index contributed by atoms with van der Waals surface area (Å²) in [5.41, 5.74) is 1.20. The van der Waals surface area contributed by atoms with Gasteiger partial charge in [0.05, 0.1) is 12.4 Å². The second kappa shape index (κ2) is 8.27. The Morgan fingerprint density at radius 3 is 2.58 bits per heavy atom. The molecule has 0 aromatic heterocycles. The molecule has 0 saturated carbocycles. The maximum absolute atomic E-state index is 10.6. The number of benzene rings is 1. The molecule has 0 aliphatic rings. The molecule has 6 heteroatoms. The first-order valence-corrected chi connectivity index (χ1v) is 7.83. The molecular formula is C13H21NO4S. The molecule has 0 heterocycles. The minimum Gasteiger partial charge on any atom is -0.383 e. The van der Waals surface area contributed by atoms with Crippen molar-refractivity contribution < 1.29 is 17.7 Å². The molecule has 1 rings (SSSR count). The monoisotopic (exact) mass is 287 g/mol. The topological polar surface area (TPSA) is 75.6 Å². The Morgan fingerprint density at radius 1 is 1.32 bits per heavy atom. The zero-order chi connectivity index (χ0) is 14.1. The Kier molecular flexibility index (Phi) is 7.01. The lowest BCUT2D eigenvalue weighted by atomic mass is 10.1.